The van der Waals surface area contributed by atoms with E-state index in [4.69, 9.17) is 25.9 Å². The molecule has 1 heterocycles. The summed E-state index contributed by atoms with van der Waals surface area (Å²) in [7, 11) is 0. The zero-order chi connectivity index (χ0) is 13.0. The maximum absolute atomic E-state index is 10.3. The summed E-state index contributed by atoms with van der Waals surface area (Å²) in [4.78, 5) is 10.3. The summed E-state index contributed by atoms with van der Waals surface area (Å²) in [6.07, 6.45) is 2.34. The van der Waals surface area contributed by atoms with E-state index in [0.717, 1.165) is 6.08 Å². The predicted molar refractivity (Wildman–Crippen MR) is 66.9 cm³/mol. The molecule has 1 N–H and O–H groups in total. The van der Waals surface area contributed by atoms with Crippen LogP contribution in [-0.4, -0.2) is 11.1 Å². The predicted octanol–water partition coefficient (Wildman–Crippen LogP) is 3.82. The Bertz CT molecular complexity index is 569. The Morgan fingerprint density at radius 2 is 1.94 bits per heavy atom. The van der Waals surface area contributed by atoms with Crippen molar-refractivity contribution >= 4 is 23.6 Å². The highest BCUT2D eigenvalue weighted by molar-refractivity contribution is 6.30. The van der Waals surface area contributed by atoms with Crippen molar-refractivity contribution in [3.63, 3.8) is 0 Å². The van der Waals surface area contributed by atoms with Gasteiger partial charge >= 0.3 is 5.97 Å². The van der Waals surface area contributed by atoms with Crippen molar-refractivity contribution < 1.29 is 19.1 Å². The summed E-state index contributed by atoms with van der Waals surface area (Å²) in [5.74, 6) is 0.234. The standard InChI is InChI=1S/C13H9ClO4/c14-9-1-3-10(4-2-9)17-13-8-6-11(18-13)5-7-12(15)16/h1-8H,(H,15,16). The molecule has 0 radical (unpaired) electrons. The SMILES string of the molecule is O=C(O)C=Cc1ccc(Oc2ccc(Cl)cc2)o1. The lowest BCUT2D eigenvalue weighted by molar-refractivity contribution is -0.131. The van der Waals surface area contributed by atoms with Crippen molar-refractivity contribution in [2.75, 3.05) is 0 Å². The molecule has 1 aromatic heterocycles. The van der Waals surface area contributed by atoms with Crippen molar-refractivity contribution in [1.29, 1.82) is 0 Å². The molecule has 92 valence electrons. The highest BCUT2D eigenvalue weighted by Gasteiger charge is 2.02. The van der Waals surface area contributed by atoms with Gasteiger partial charge in [0.15, 0.2) is 0 Å². The summed E-state index contributed by atoms with van der Waals surface area (Å²) in [5, 5.41) is 9.09. The van der Waals surface area contributed by atoms with E-state index in [-0.39, 0.29) is 5.95 Å². The van der Waals surface area contributed by atoms with Crippen molar-refractivity contribution in [1.82, 2.24) is 0 Å². The molecule has 0 saturated heterocycles. The molecule has 0 saturated carbocycles. The fraction of sp³-hybridized carbons (Fsp3) is 0. The van der Waals surface area contributed by atoms with Gasteiger partial charge in [-0.05, 0) is 36.4 Å². The first-order valence-corrected chi connectivity index (χ1v) is 5.45. The molecule has 0 bridgehead atoms. The van der Waals surface area contributed by atoms with Gasteiger partial charge in [0.25, 0.3) is 5.95 Å². The van der Waals surface area contributed by atoms with E-state index in [0.29, 0.717) is 16.5 Å². The van der Waals surface area contributed by atoms with E-state index >= 15 is 0 Å². The third-order valence-electron chi connectivity index (χ3n) is 2.02. The average Bonchev–Trinajstić information content (AvgIpc) is 2.77. The highest BCUT2D eigenvalue weighted by Crippen LogP contribution is 2.25. The number of carboxylic acid groups (broad SMARTS) is 1. The first-order chi connectivity index (χ1) is 8.63. The zero-order valence-corrected chi connectivity index (χ0v) is 9.92. The van der Waals surface area contributed by atoms with Gasteiger partial charge in [0, 0.05) is 17.2 Å². The molecule has 2 aromatic rings. The molecule has 0 amide bonds. The Kier molecular flexibility index (Phi) is 3.69. The Balaban J connectivity index is 2.06. The molecule has 5 heteroatoms. The lowest BCUT2D eigenvalue weighted by Gasteiger charge is -2.00. The molecule has 0 fully saturated rings. The number of halogens is 1. The van der Waals surface area contributed by atoms with Gasteiger partial charge in [-0.15, -0.1) is 0 Å². The fourth-order valence-corrected chi connectivity index (χ4v) is 1.38. The summed E-state index contributed by atoms with van der Waals surface area (Å²) in [6.45, 7) is 0. The lowest BCUT2D eigenvalue weighted by Crippen LogP contribution is -1.84. The topological polar surface area (TPSA) is 59.7 Å². The van der Waals surface area contributed by atoms with Crippen molar-refractivity contribution in [2.24, 2.45) is 0 Å². The summed E-state index contributed by atoms with van der Waals surface area (Å²) in [5.41, 5.74) is 0. The van der Waals surface area contributed by atoms with Gasteiger partial charge in [0.05, 0.1) is 0 Å². The largest absolute Gasteiger partial charge is 0.478 e. The Morgan fingerprint density at radius 3 is 2.61 bits per heavy atom. The zero-order valence-electron chi connectivity index (χ0n) is 9.17. The lowest BCUT2D eigenvalue weighted by atomic mass is 10.3. The van der Waals surface area contributed by atoms with Crippen LogP contribution in [0.2, 0.25) is 5.02 Å². The molecule has 18 heavy (non-hydrogen) atoms. The van der Waals surface area contributed by atoms with Crippen molar-refractivity contribution in [3.8, 4) is 11.7 Å². The highest BCUT2D eigenvalue weighted by atomic mass is 35.5. The van der Waals surface area contributed by atoms with Crippen LogP contribution >= 0.6 is 11.6 Å². The number of aliphatic carboxylic acids is 1. The van der Waals surface area contributed by atoms with Gasteiger partial charge in [-0.25, -0.2) is 4.79 Å². The van der Waals surface area contributed by atoms with Gasteiger partial charge in [0.2, 0.25) is 0 Å². The number of rotatable bonds is 4. The van der Waals surface area contributed by atoms with Gasteiger partial charge in [0.1, 0.15) is 11.5 Å². The first-order valence-electron chi connectivity index (χ1n) is 5.08. The van der Waals surface area contributed by atoms with Gasteiger partial charge in [-0.2, -0.15) is 0 Å². The van der Waals surface area contributed by atoms with E-state index < -0.39 is 5.97 Å². The summed E-state index contributed by atoms with van der Waals surface area (Å²) >= 11 is 5.75. The van der Waals surface area contributed by atoms with Crippen molar-refractivity contribution in [2.45, 2.75) is 0 Å². The van der Waals surface area contributed by atoms with Crippen LogP contribution in [0.5, 0.6) is 11.7 Å². The average molecular weight is 265 g/mol. The maximum atomic E-state index is 10.3. The molecule has 0 aliphatic heterocycles. The van der Waals surface area contributed by atoms with E-state index in [1.54, 1.807) is 36.4 Å². The maximum Gasteiger partial charge on any atom is 0.328 e. The van der Waals surface area contributed by atoms with Crippen LogP contribution in [0.1, 0.15) is 5.76 Å². The van der Waals surface area contributed by atoms with Crippen LogP contribution in [0.4, 0.5) is 0 Å². The molecule has 0 unspecified atom stereocenters. The Labute approximate surface area is 108 Å². The number of carboxylic acids is 1. The van der Waals surface area contributed by atoms with Crippen LogP contribution in [-0.2, 0) is 4.79 Å². The van der Waals surface area contributed by atoms with E-state index in [9.17, 15) is 4.79 Å². The third kappa shape index (κ3) is 3.40. The minimum atomic E-state index is -1.04. The normalized spacial score (nSPS) is 10.7. The van der Waals surface area contributed by atoms with E-state index in [1.165, 1.54) is 6.08 Å². The molecule has 4 nitrogen and oxygen atoms in total. The quantitative estimate of drug-likeness (QED) is 0.853. The third-order valence-corrected chi connectivity index (χ3v) is 2.28. The number of benzene rings is 1. The second-order valence-corrected chi connectivity index (χ2v) is 3.82. The number of carbonyl (C=O) groups is 1. The summed E-state index contributed by atoms with van der Waals surface area (Å²) in [6, 6.07) is 10.0. The smallest absolute Gasteiger partial charge is 0.328 e. The molecular weight excluding hydrogens is 256 g/mol. The van der Waals surface area contributed by atoms with Gasteiger partial charge < -0.3 is 14.3 Å². The number of hydrogen-bond donors (Lipinski definition) is 1. The van der Waals surface area contributed by atoms with Crippen LogP contribution in [0.3, 0.4) is 0 Å². The van der Waals surface area contributed by atoms with E-state index in [1.807, 2.05) is 0 Å². The van der Waals surface area contributed by atoms with E-state index in [2.05, 4.69) is 0 Å². The Hall–Kier alpha value is -2.20. The van der Waals surface area contributed by atoms with Crippen LogP contribution < -0.4 is 4.74 Å². The molecule has 0 atom stereocenters. The molecule has 0 aliphatic rings. The van der Waals surface area contributed by atoms with Crippen molar-refractivity contribution in [3.05, 3.63) is 53.3 Å². The Morgan fingerprint density at radius 1 is 1.22 bits per heavy atom. The molecule has 0 aliphatic carbocycles. The van der Waals surface area contributed by atoms with Crippen LogP contribution in [0, 0.1) is 0 Å². The fourth-order valence-electron chi connectivity index (χ4n) is 1.25. The first kappa shape index (κ1) is 12.3. The second-order valence-electron chi connectivity index (χ2n) is 3.38. The van der Waals surface area contributed by atoms with Crippen LogP contribution in [0.25, 0.3) is 6.08 Å². The summed E-state index contributed by atoms with van der Waals surface area (Å²) < 4.78 is 10.7. The van der Waals surface area contributed by atoms with Gasteiger partial charge in [-0.3, -0.25) is 0 Å². The second kappa shape index (κ2) is 5.42. The number of ether oxygens (including phenoxy) is 1. The molecule has 0 spiro atoms. The molecule has 1 aromatic carbocycles. The van der Waals surface area contributed by atoms with Crippen LogP contribution in [0.15, 0.2) is 46.9 Å². The minimum absolute atomic E-state index is 0.280. The van der Waals surface area contributed by atoms with Gasteiger partial charge in [-0.1, -0.05) is 11.6 Å². The minimum Gasteiger partial charge on any atom is -0.478 e. The monoisotopic (exact) mass is 264 g/mol. The molecular formula is C13H9ClO4. The number of furan rings is 1. The molecule has 2 rings (SSSR count). The number of hydrogen-bond acceptors (Lipinski definition) is 3.